The molecule has 1 fully saturated rings. The van der Waals surface area contributed by atoms with Crippen LogP contribution >= 0.6 is 0 Å². The van der Waals surface area contributed by atoms with E-state index in [0.29, 0.717) is 24.5 Å². The number of aryl methyl sites for hydroxylation is 1. The van der Waals surface area contributed by atoms with Crippen LogP contribution in [0.5, 0.6) is 0 Å². The number of nitrogens with zero attached hydrogens (tertiary/aromatic N) is 2. The van der Waals surface area contributed by atoms with Crippen LogP contribution in [-0.2, 0) is 10.2 Å². The summed E-state index contributed by atoms with van der Waals surface area (Å²) >= 11 is 0. The summed E-state index contributed by atoms with van der Waals surface area (Å²) in [5, 5.41) is 9.43. The summed E-state index contributed by atoms with van der Waals surface area (Å²) in [6.07, 6.45) is 2.70. The van der Waals surface area contributed by atoms with Crippen LogP contribution in [0.25, 0.3) is 0 Å². The molecule has 0 bridgehead atoms. The highest BCUT2D eigenvalue weighted by atomic mass is 16.4. The average Bonchev–Trinajstić information content (AvgIpc) is 2.66. The van der Waals surface area contributed by atoms with E-state index in [1.54, 1.807) is 13.1 Å². The van der Waals surface area contributed by atoms with Crippen molar-refractivity contribution < 1.29 is 14.3 Å². The van der Waals surface area contributed by atoms with E-state index in [0.717, 1.165) is 13.1 Å². The Morgan fingerprint density at radius 2 is 2.19 bits per heavy atom. The lowest BCUT2D eigenvalue weighted by molar-refractivity contribution is -0.146. The number of carboxylic acids is 1. The number of carboxylic acid groups (broad SMARTS) is 1. The molecule has 0 aromatic carbocycles. The van der Waals surface area contributed by atoms with Crippen molar-refractivity contribution in [1.82, 2.24) is 9.88 Å². The molecule has 5 nitrogen and oxygen atoms in total. The summed E-state index contributed by atoms with van der Waals surface area (Å²) in [6, 6.07) is 0. The Morgan fingerprint density at radius 3 is 2.62 bits per heavy atom. The van der Waals surface area contributed by atoms with Gasteiger partial charge in [0.2, 0.25) is 0 Å². The molecule has 0 amide bonds. The van der Waals surface area contributed by atoms with Crippen LogP contribution in [0.2, 0.25) is 0 Å². The molecule has 0 radical (unpaired) electrons. The molecule has 1 aliphatic rings. The molecule has 1 saturated heterocycles. The number of likely N-dealkylation sites (tertiary alicyclic amines) is 1. The van der Waals surface area contributed by atoms with Gasteiger partial charge in [0.15, 0.2) is 5.89 Å². The van der Waals surface area contributed by atoms with Gasteiger partial charge in [0, 0.05) is 6.92 Å². The van der Waals surface area contributed by atoms with Crippen molar-refractivity contribution in [2.45, 2.75) is 25.2 Å². The Hall–Kier alpha value is -1.36. The van der Waals surface area contributed by atoms with Crippen LogP contribution in [0.1, 0.15) is 24.5 Å². The van der Waals surface area contributed by atoms with Gasteiger partial charge in [-0.1, -0.05) is 0 Å². The molecule has 2 heterocycles. The second kappa shape index (κ2) is 3.90. The van der Waals surface area contributed by atoms with E-state index < -0.39 is 11.4 Å². The van der Waals surface area contributed by atoms with E-state index in [4.69, 9.17) is 4.42 Å². The molecule has 0 unspecified atom stereocenters. The molecule has 2 rings (SSSR count). The molecule has 0 saturated carbocycles. The standard InChI is InChI=1S/C11H16N2O3/c1-8-12-7-9(16-8)11(10(14)15)3-5-13(2)6-4-11/h7H,3-6H2,1-2H3,(H,14,15). The van der Waals surface area contributed by atoms with Crippen molar-refractivity contribution in [3.05, 3.63) is 17.8 Å². The van der Waals surface area contributed by atoms with Crippen LogP contribution < -0.4 is 0 Å². The highest BCUT2D eigenvalue weighted by molar-refractivity contribution is 5.80. The van der Waals surface area contributed by atoms with Gasteiger partial charge >= 0.3 is 5.97 Å². The molecule has 0 atom stereocenters. The van der Waals surface area contributed by atoms with Crippen molar-refractivity contribution in [1.29, 1.82) is 0 Å². The van der Waals surface area contributed by atoms with Gasteiger partial charge in [0.05, 0.1) is 6.20 Å². The van der Waals surface area contributed by atoms with E-state index >= 15 is 0 Å². The van der Waals surface area contributed by atoms with Gasteiger partial charge in [0.1, 0.15) is 11.2 Å². The highest BCUT2D eigenvalue weighted by Crippen LogP contribution is 2.35. The number of rotatable bonds is 2. The van der Waals surface area contributed by atoms with E-state index in [9.17, 15) is 9.90 Å². The molecular weight excluding hydrogens is 208 g/mol. The average molecular weight is 224 g/mol. The van der Waals surface area contributed by atoms with Crippen molar-refractivity contribution in [2.75, 3.05) is 20.1 Å². The molecule has 1 aromatic heterocycles. The van der Waals surface area contributed by atoms with E-state index in [-0.39, 0.29) is 0 Å². The second-order valence-electron chi connectivity index (χ2n) is 4.43. The monoisotopic (exact) mass is 224 g/mol. The summed E-state index contributed by atoms with van der Waals surface area (Å²) in [7, 11) is 2.00. The summed E-state index contributed by atoms with van der Waals surface area (Å²) in [6.45, 7) is 3.27. The fraction of sp³-hybridized carbons (Fsp3) is 0.636. The topological polar surface area (TPSA) is 66.6 Å². The number of carbonyl (C=O) groups is 1. The number of hydrogen-bond donors (Lipinski definition) is 1. The first kappa shape index (κ1) is 11.1. The van der Waals surface area contributed by atoms with Crippen molar-refractivity contribution in [2.24, 2.45) is 0 Å². The Kier molecular flexibility index (Phi) is 2.71. The fourth-order valence-corrected chi connectivity index (χ4v) is 2.15. The quantitative estimate of drug-likeness (QED) is 0.812. The van der Waals surface area contributed by atoms with Gasteiger partial charge < -0.3 is 14.4 Å². The first-order chi connectivity index (χ1) is 7.54. The highest BCUT2D eigenvalue weighted by Gasteiger charge is 2.45. The molecule has 5 heteroatoms. The predicted molar refractivity (Wildman–Crippen MR) is 57.3 cm³/mol. The molecule has 1 N–H and O–H groups in total. The van der Waals surface area contributed by atoms with Crippen LogP contribution in [-0.4, -0.2) is 41.1 Å². The third kappa shape index (κ3) is 1.71. The van der Waals surface area contributed by atoms with E-state index in [1.165, 1.54) is 0 Å². The summed E-state index contributed by atoms with van der Waals surface area (Å²) in [5.74, 6) is 0.205. The third-order valence-electron chi connectivity index (χ3n) is 3.34. The van der Waals surface area contributed by atoms with Gasteiger partial charge in [-0.05, 0) is 33.0 Å². The number of aliphatic carboxylic acids is 1. The summed E-state index contributed by atoms with van der Waals surface area (Å²) < 4.78 is 5.41. The SMILES string of the molecule is Cc1ncc(C2(C(=O)O)CCN(C)CC2)o1. The van der Waals surface area contributed by atoms with Crippen LogP contribution in [0, 0.1) is 6.92 Å². The normalized spacial score (nSPS) is 20.9. The van der Waals surface area contributed by atoms with Crippen molar-refractivity contribution in [3.63, 3.8) is 0 Å². The van der Waals surface area contributed by atoms with Gasteiger partial charge in [-0.15, -0.1) is 0 Å². The first-order valence-corrected chi connectivity index (χ1v) is 5.39. The second-order valence-corrected chi connectivity index (χ2v) is 4.43. The summed E-state index contributed by atoms with van der Waals surface area (Å²) in [5.41, 5.74) is -0.881. The maximum atomic E-state index is 11.5. The summed E-state index contributed by atoms with van der Waals surface area (Å²) in [4.78, 5) is 17.6. The number of oxazole rings is 1. The largest absolute Gasteiger partial charge is 0.480 e. The maximum Gasteiger partial charge on any atom is 0.317 e. The zero-order chi connectivity index (χ0) is 11.8. The maximum absolute atomic E-state index is 11.5. The number of piperidine rings is 1. The Labute approximate surface area is 94.1 Å². The molecule has 1 aliphatic heterocycles. The van der Waals surface area contributed by atoms with Gasteiger partial charge in [0.25, 0.3) is 0 Å². The zero-order valence-corrected chi connectivity index (χ0v) is 9.56. The third-order valence-corrected chi connectivity index (χ3v) is 3.34. The van der Waals surface area contributed by atoms with Crippen LogP contribution in [0.4, 0.5) is 0 Å². The lowest BCUT2D eigenvalue weighted by Gasteiger charge is -2.35. The molecular formula is C11H16N2O3. The Morgan fingerprint density at radius 1 is 1.56 bits per heavy atom. The number of hydrogen-bond acceptors (Lipinski definition) is 4. The Bertz CT molecular complexity index is 392. The van der Waals surface area contributed by atoms with Gasteiger partial charge in [-0.25, -0.2) is 4.98 Å². The lowest BCUT2D eigenvalue weighted by atomic mass is 9.76. The van der Waals surface area contributed by atoms with E-state index in [1.807, 2.05) is 7.05 Å². The zero-order valence-electron chi connectivity index (χ0n) is 9.56. The van der Waals surface area contributed by atoms with Gasteiger partial charge in [-0.2, -0.15) is 0 Å². The minimum atomic E-state index is -0.881. The predicted octanol–water partition coefficient (Wildman–Crippen LogP) is 1.03. The molecule has 88 valence electrons. The smallest absolute Gasteiger partial charge is 0.317 e. The minimum absolute atomic E-state index is 0.491. The van der Waals surface area contributed by atoms with Crippen LogP contribution in [0.15, 0.2) is 10.6 Å². The molecule has 1 aromatic rings. The lowest BCUT2D eigenvalue weighted by Crippen LogP contribution is -2.45. The molecule has 0 spiro atoms. The Balaban J connectivity index is 2.33. The van der Waals surface area contributed by atoms with Crippen molar-refractivity contribution in [3.8, 4) is 0 Å². The minimum Gasteiger partial charge on any atom is -0.480 e. The van der Waals surface area contributed by atoms with Crippen LogP contribution in [0.3, 0.4) is 0 Å². The van der Waals surface area contributed by atoms with Gasteiger partial charge in [-0.3, -0.25) is 4.79 Å². The molecule has 16 heavy (non-hydrogen) atoms. The number of aromatic nitrogens is 1. The van der Waals surface area contributed by atoms with Crippen molar-refractivity contribution >= 4 is 5.97 Å². The first-order valence-electron chi connectivity index (χ1n) is 5.39. The van der Waals surface area contributed by atoms with E-state index in [2.05, 4.69) is 9.88 Å². The molecule has 0 aliphatic carbocycles. The fourth-order valence-electron chi connectivity index (χ4n) is 2.15.